The molecule has 1 heteroatoms. The van der Waals surface area contributed by atoms with Gasteiger partial charge in [-0.15, -0.1) is 0 Å². The van der Waals surface area contributed by atoms with Gasteiger partial charge >= 0.3 is 0 Å². The van der Waals surface area contributed by atoms with Crippen molar-refractivity contribution in [2.45, 2.75) is 213 Å². The van der Waals surface area contributed by atoms with Crippen molar-refractivity contribution in [3.8, 4) is 0 Å². The van der Waals surface area contributed by atoms with Crippen molar-refractivity contribution in [3.05, 3.63) is 36.5 Å². The fraction of sp³-hybridized carbons (Fsp3) is 0.860. The van der Waals surface area contributed by atoms with Gasteiger partial charge in [0.2, 0.25) is 0 Å². The third kappa shape index (κ3) is 23.5. The fourth-order valence-corrected chi connectivity index (χ4v) is 7.46. The largest absolute Gasteiger partial charge is 0.306 e. The van der Waals surface area contributed by atoms with Gasteiger partial charge in [0.05, 0.1) is 0 Å². The Bertz CT molecular complexity index is 687. The van der Waals surface area contributed by atoms with E-state index in [4.69, 9.17) is 0 Å². The van der Waals surface area contributed by atoms with Gasteiger partial charge in [-0.2, -0.15) is 0 Å². The molecule has 1 saturated carbocycles. The molecule has 0 aromatic rings. The minimum absolute atomic E-state index is 0.656. The molecule has 1 nitrogen and oxygen atoms in total. The number of allylic oxidation sites excluding steroid dienone is 6. The zero-order valence-electron chi connectivity index (χ0n) is 31.1. The second kappa shape index (κ2) is 29.6. The predicted molar refractivity (Wildman–Crippen MR) is 202 cm³/mol. The van der Waals surface area contributed by atoms with Crippen LogP contribution in [-0.4, -0.2) is 25.0 Å². The van der Waals surface area contributed by atoms with Crippen LogP contribution in [0.2, 0.25) is 0 Å². The Morgan fingerprint density at radius 3 is 1.59 bits per heavy atom. The second-order valence-electron chi connectivity index (χ2n) is 15.2. The molecule has 0 aromatic heterocycles. The monoisotopic (exact) mass is 612 g/mol. The second-order valence-corrected chi connectivity index (χ2v) is 15.2. The average molecular weight is 612 g/mol. The summed E-state index contributed by atoms with van der Waals surface area (Å²) in [6.45, 7) is 7.02. The van der Waals surface area contributed by atoms with E-state index in [2.05, 4.69) is 76.2 Å². The van der Waals surface area contributed by atoms with Gasteiger partial charge in [-0.3, -0.25) is 0 Å². The number of unbranched alkanes of at least 4 members (excludes halogenated alkanes) is 17. The van der Waals surface area contributed by atoms with Crippen LogP contribution < -0.4 is 0 Å². The van der Waals surface area contributed by atoms with E-state index in [1.54, 1.807) is 0 Å². The van der Waals surface area contributed by atoms with Crippen LogP contribution >= 0.6 is 0 Å². The van der Waals surface area contributed by atoms with Gasteiger partial charge in [-0.25, -0.2) is 0 Å². The molecule has 1 fully saturated rings. The molecule has 1 aliphatic rings. The fourth-order valence-electron chi connectivity index (χ4n) is 7.46. The first-order chi connectivity index (χ1) is 21.5. The Balaban J connectivity index is 2.11. The van der Waals surface area contributed by atoms with Crippen LogP contribution in [0.4, 0.5) is 0 Å². The van der Waals surface area contributed by atoms with E-state index in [0.717, 1.165) is 18.4 Å². The summed E-state index contributed by atoms with van der Waals surface area (Å²) in [5.74, 6) is 0.865. The lowest BCUT2D eigenvalue weighted by molar-refractivity contribution is 0.201. The quantitative estimate of drug-likeness (QED) is 0.0557. The summed E-state index contributed by atoms with van der Waals surface area (Å²) in [5, 5.41) is 0. The zero-order chi connectivity index (χ0) is 32.0. The van der Waals surface area contributed by atoms with Gasteiger partial charge in [0.1, 0.15) is 0 Å². The first-order valence-electron chi connectivity index (χ1n) is 20.1. The molecule has 0 aliphatic heterocycles. The van der Waals surface area contributed by atoms with Gasteiger partial charge in [-0.05, 0) is 109 Å². The highest BCUT2D eigenvalue weighted by molar-refractivity contribution is 4.93. The Hall–Kier alpha value is -0.820. The van der Waals surface area contributed by atoms with Crippen LogP contribution in [0.5, 0.6) is 0 Å². The molecular formula is C43H81N. The maximum Gasteiger partial charge on any atom is 0.00946 e. The summed E-state index contributed by atoms with van der Waals surface area (Å²) in [7, 11) is 4.62. The Kier molecular flexibility index (Phi) is 27.7. The number of hydrogen-bond acceptors (Lipinski definition) is 1. The molecule has 44 heavy (non-hydrogen) atoms. The van der Waals surface area contributed by atoms with E-state index < -0.39 is 0 Å². The smallest absolute Gasteiger partial charge is 0.00946 e. The van der Waals surface area contributed by atoms with E-state index >= 15 is 0 Å². The molecule has 0 heterocycles. The minimum atomic E-state index is 0.656. The third-order valence-electron chi connectivity index (χ3n) is 10.6. The molecule has 0 spiro atoms. The molecule has 258 valence electrons. The highest BCUT2D eigenvalue weighted by Crippen LogP contribution is 2.47. The Morgan fingerprint density at radius 2 is 1.07 bits per heavy atom. The van der Waals surface area contributed by atoms with E-state index in [9.17, 15) is 0 Å². The number of hydrogen-bond donors (Lipinski definition) is 0. The SMILES string of the molecule is CCCCC/C=C\C/C=C\CCCCCCCCC1(CCCCCCCCC(C)C/C=C\CCCCC)CCC(N(C)C)C1. The lowest BCUT2D eigenvalue weighted by Crippen LogP contribution is -2.27. The Morgan fingerprint density at radius 1 is 0.591 bits per heavy atom. The van der Waals surface area contributed by atoms with Crippen LogP contribution in [0.3, 0.4) is 0 Å². The molecule has 0 bridgehead atoms. The van der Waals surface area contributed by atoms with Crippen molar-refractivity contribution in [2.75, 3.05) is 14.1 Å². The highest BCUT2D eigenvalue weighted by Gasteiger charge is 2.38. The average Bonchev–Trinajstić information content (AvgIpc) is 3.45. The lowest BCUT2D eigenvalue weighted by Gasteiger charge is -2.31. The summed E-state index contributed by atoms with van der Waals surface area (Å²) in [6.07, 6.45) is 54.9. The minimum Gasteiger partial charge on any atom is -0.306 e. The van der Waals surface area contributed by atoms with Crippen molar-refractivity contribution in [1.82, 2.24) is 4.90 Å². The zero-order valence-corrected chi connectivity index (χ0v) is 31.1. The molecule has 3 atom stereocenters. The lowest BCUT2D eigenvalue weighted by atomic mass is 9.76. The maximum atomic E-state index is 2.52. The van der Waals surface area contributed by atoms with E-state index in [1.165, 1.54) is 180 Å². The van der Waals surface area contributed by atoms with Gasteiger partial charge in [0.15, 0.2) is 0 Å². The van der Waals surface area contributed by atoms with Crippen LogP contribution in [0.1, 0.15) is 207 Å². The maximum absolute atomic E-state index is 2.52. The van der Waals surface area contributed by atoms with Crippen LogP contribution in [-0.2, 0) is 0 Å². The first-order valence-corrected chi connectivity index (χ1v) is 20.1. The van der Waals surface area contributed by atoms with Crippen molar-refractivity contribution >= 4 is 0 Å². The molecular weight excluding hydrogens is 530 g/mol. The van der Waals surface area contributed by atoms with Crippen LogP contribution in [0, 0.1) is 11.3 Å². The molecule has 1 rings (SSSR count). The van der Waals surface area contributed by atoms with Gasteiger partial charge < -0.3 is 4.90 Å². The third-order valence-corrected chi connectivity index (χ3v) is 10.6. The highest BCUT2D eigenvalue weighted by atomic mass is 15.1. The van der Waals surface area contributed by atoms with Crippen molar-refractivity contribution in [3.63, 3.8) is 0 Å². The summed E-state index contributed by atoms with van der Waals surface area (Å²) in [4.78, 5) is 2.52. The molecule has 1 aliphatic carbocycles. The van der Waals surface area contributed by atoms with Crippen molar-refractivity contribution in [2.24, 2.45) is 11.3 Å². The summed E-state index contributed by atoms with van der Waals surface area (Å²) >= 11 is 0. The normalized spacial score (nSPS) is 19.9. The molecule has 0 N–H and O–H groups in total. The number of nitrogens with zero attached hydrogens (tertiary/aromatic N) is 1. The van der Waals surface area contributed by atoms with Gasteiger partial charge in [0, 0.05) is 6.04 Å². The molecule has 3 unspecified atom stereocenters. The van der Waals surface area contributed by atoms with E-state index in [-0.39, 0.29) is 0 Å². The summed E-state index contributed by atoms with van der Waals surface area (Å²) in [6, 6.07) is 0.827. The molecule has 0 aromatic carbocycles. The van der Waals surface area contributed by atoms with Crippen molar-refractivity contribution < 1.29 is 0 Å². The predicted octanol–water partition coefficient (Wildman–Crippen LogP) is 14.6. The molecule has 0 radical (unpaired) electrons. The van der Waals surface area contributed by atoms with Crippen LogP contribution in [0.25, 0.3) is 0 Å². The molecule has 0 saturated heterocycles. The van der Waals surface area contributed by atoms with Crippen LogP contribution in [0.15, 0.2) is 36.5 Å². The standard InChI is InChI=1S/C43H81N/c1-6-8-10-12-14-15-16-17-18-19-20-21-22-24-28-32-37-43(39-36-42(40-43)44(4)5)38-33-29-25-23-27-31-35-41(3)34-30-26-13-11-9-7-2/h14-15,17-18,26,30,41-42H,6-13,16,19-25,27-29,31-40H2,1-5H3/b15-14-,18-17-,30-26-. The topological polar surface area (TPSA) is 3.24 Å². The molecule has 0 amide bonds. The summed E-state index contributed by atoms with van der Waals surface area (Å²) in [5.41, 5.74) is 0.656. The Labute approximate surface area is 279 Å². The van der Waals surface area contributed by atoms with Gasteiger partial charge in [0.25, 0.3) is 0 Å². The van der Waals surface area contributed by atoms with Crippen molar-refractivity contribution in [1.29, 1.82) is 0 Å². The number of rotatable bonds is 31. The first kappa shape index (κ1) is 41.2. The summed E-state index contributed by atoms with van der Waals surface area (Å²) < 4.78 is 0. The van der Waals surface area contributed by atoms with E-state index in [0.29, 0.717) is 5.41 Å². The van der Waals surface area contributed by atoms with Gasteiger partial charge in [-0.1, -0.05) is 160 Å². The van der Waals surface area contributed by atoms with E-state index in [1.807, 2.05) is 0 Å².